The molecule has 0 fully saturated rings. The van der Waals surface area contributed by atoms with E-state index in [2.05, 4.69) is 45.9 Å². The lowest BCUT2D eigenvalue weighted by atomic mass is 10.1. The van der Waals surface area contributed by atoms with Crippen molar-refractivity contribution in [1.29, 1.82) is 0 Å². The summed E-state index contributed by atoms with van der Waals surface area (Å²) >= 11 is 0. The highest BCUT2D eigenvalue weighted by Crippen LogP contribution is 2.09. The quantitative estimate of drug-likeness (QED) is 0.633. The van der Waals surface area contributed by atoms with Crippen LogP contribution in [0.15, 0.2) is 61.1 Å². The summed E-state index contributed by atoms with van der Waals surface area (Å²) in [4.78, 5) is 4.45. The van der Waals surface area contributed by atoms with Gasteiger partial charge in [-0.2, -0.15) is 0 Å². The lowest BCUT2D eigenvalue weighted by Gasteiger charge is -2.02. The molecule has 0 N–H and O–H groups in total. The number of nitrogens with zero attached hydrogens (tertiary/aromatic N) is 2. The molecule has 0 aliphatic carbocycles. The Balaban J connectivity index is 1.94. The minimum atomic E-state index is 0.884. The maximum atomic E-state index is 4.45. The van der Waals surface area contributed by atoms with Gasteiger partial charge in [-0.3, -0.25) is 4.98 Å². The van der Waals surface area contributed by atoms with Crippen molar-refractivity contribution in [3.8, 4) is 0 Å². The average molecular weight is 208 g/mol. The lowest BCUT2D eigenvalue weighted by molar-refractivity contribution is 1.01. The van der Waals surface area contributed by atoms with Crippen LogP contribution in [-0.2, 0) is 6.42 Å². The predicted octanol–water partition coefficient (Wildman–Crippen LogP) is 2.93. The van der Waals surface area contributed by atoms with E-state index >= 15 is 0 Å². The first-order chi connectivity index (χ1) is 7.92. The zero-order valence-corrected chi connectivity index (χ0v) is 8.88. The Bertz CT molecular complexity index is 596. The van der Waals surface area contributed by atoms with Gasteiger partial charge >= 0.3 is 0 Å². The molecular weight excluding hydrogens is 196 g/mol. The normalized spacial score (nSPS) is 10.8. The molecule has 0 aliphatic rings. The molecule has 0 bridgehead atoms. The Hall–Kier alpha value is -2.09. The maximum absolute atomic E-state index is 4.45. The third kappa shape index (κ3) is 1.70. The Kier molecular flexibility index (Phi) is 2.18. The lowest BCUT2D eigenvalue weighted by Crippen LogP contribution is -1.94. The van der Waals surface area contributed by atoms with Crippen molar-refractivity contribution in [2.45, 2.75) is 6.42 Å². The second-order valence-corrected chi connectivity index (χ2v) is 3.88. The first kappa shape index (κ1) is 9.16. The largest absolute Gasteiger partial charge is 0.321 e. The van der Waals surface area contributed by atoms with Crippen LogP contribution in [-0.4, -0.2) is 9.38 Å². The molecule has 3 rings (SSSR count). The van der Waals surface area contributed by atoms with Gasteiger partial charge in [-0.1, -0.05) is 30.3 Å². The van der Waals surface area contributed by atoms with Gasteiger partial charge in [0, 0.05) is 18.8 Å². The van der Waals surface area contributed by atoms with Crippen molar-refractivity contribution < 1.29 is 0 Å². The highest BCUT2D eigenvalue weighted by Gasteiger charge is 1.98. The van der Waals surface area contributed by atoms with Gasteiger partial charge in [0.15, 0.2) is 0 Å². The van der Waals surface area contributed by atoms with Crippen molar-refractivity contribution >= 4 is 5.52 Å². The van der Waals surface area contributed by atoms with E-state index in [4.69, 9.17) is 0 Å². The van der Waals surface area contributed by atoms with E-state index in [1.54, 1.807) is 0 Å². The number of hydrogen-bond acceptors (Lipinski definition) is 1. The fourth-order valence-electron chi connectivity index (χ4n) is 1.87. The molecule has 0 aliphatic heterocycles. The molecule has 0 saturated carbocycles. The maximum Gasteiger partial charge on any atom is 0.0634 e. The molecule has 0 unspecified atom stereocenters. The molecule has 0 radical (unpaired) electrons. The molecule has 2 heteroatoms. The molecular formula is C14H12N2. The molecule has 2 heterocycles. The number of benzene rings is 1. The SMILES string of the molecule is c1ccc(Cc2cn3cccc3cn2)cc1. The summed E-state index contributed by atoms with van der Waals surface area (Å²) in [7, 11) is 0. The van der Waals surface area contributed by atoms with Crippen LogP contribution in [0.25, 0.3) is 5.52 Å². The Morgan fingerprint density at radius 2 is 1.88 bits per heavy atom. The smallest absolute Gasteiger partial charge is 0.0634 e. The Morgan fingerprint density at radius 3 is 2.75 bits per heavy atom. The minimum absolute atomic E-state index is 0.884. The summed E-state index contributed by atoms with van der Waals surface area (Å²) in [6.07, 6.45) is 6.93. The van der Waals surface area contributed by atoms with E-state index in [1.165, 1.54) is 5.56 Å². The van der Waals surface area contributed by atoms with Gasteiger partial charge in [-0.15, -0.1) is 0 Å². The Morgan fingerprint density at radius 1 is 1.00 bits per heavy atom. The van der Waals surface area contributed by atoms with Gasteiger partial charge in [0.2, 0.25) is 0 Å². The third-order valence-electron chi connectivity index (χ3n) is 2.69. The number of fused-ring (bicyclic) bond motifs is 1. The van der Waals surface area contributed by atoms with Crippen molar-refractivity contribution in [1.82, 2.24) is 9.38 Å². The fraction of sp³-hybridized carbons (Fsp3) is 0.0714. The molecule has 0 saturated heterocycles. The molecule has 2 nitrogen and oxygen atoms in total. The number of aromatic nitrogens is 2. The van der Waals surface area contributed by atoms with Gasteiger partial charge in [0.25, 0.3) is 0 Å². The summed E-state index contributed by atoms with van der Waals surface area (Å²) in [5.74, 6) is 0. The highest BCUT2D eigenvalue weighted by molar-refractivity contribution is 5.45. The topological polar surface area (TPSA) is 17.3 Å². The van der Waals surface area contributed by atoms with E-state index in [9.17, 15) is 0 Å². The van der Waals surface area contributed by atoms with Crippen LogP contribution in [0.2, 0.25) is 0 Å². The van der Waals surface area contributed by atoms with Crippen molar-refractivity contribution in [2.24, 2.45) is 0 Å². The molecule has 1 aromatic carbocycles. The zero-order chi connectivity index (χ0) is 10.8. The van der Waals surface area contributed by atoms with E-state index in [0.29, 0.717) is 0 Å². The fourth-order valence-corrected chi connectivity index (χ4v) is 1.87. The van der Waals surface area contributed by atoms with Crippen LogP contribution in [0.4, 0.5) is 0 Å². The van der Waals surface area contributed by atoms with Gasteiger partial charge < -0.3 is 4.40 Å². The molecule has 16 heavy (non-hydrogen) atoms. The second-order valence-electron chi connectivity index (χ2n) is 3.88. The van der Waals surface area contributed by atoms with Gasteiger partial charge in [0.05, 0.1) is 17.4 Å². The molecule has 2 aromatic heterocycles. The van der Waals surface area contributed by atoms with E-state index < -0.39 is 0 Å². The van der Waals surface area contributed by atoms with Crippen LogP contribution in [0.3, 0.4) is 0 Å². The van der Waals surface area contributed by atoms with Crippen LogP contribution in [0, 0.1) is 0 Å². The predicted molar refractivity (Wildman–Crippen MR) is 64.4 cm³/mol. The van der Waals surface area contributed by atoms with Gasteiger partial charge in [0.1, 0.15) is 0 Å². The van der Waals surface area contributed by atoms with Gasteiger partial charge in [-0.05, 0) is 17.7 Å². The summed E-state index contributed by atoms with van der Waals surface area (Å²) in [5.41, 5.74) is 3.52. The van der Waals surface area contributed by atoms with Gasteiger partial charge in [-0.25, -0.2) is 0 Å². The number of hydrogen-bond donors (Lipinski definition) is 0. The molecule has 3 aromatic rings. The summed E-state index contributed by atoms with van der Waals surface area (Å²) in [5, 5.41) is 0. The molecule has 0 atom stereocenters. The van der Waals surface area contributed by atoms with Crippen molar-refractivity contribution in [3.05, 3.63) is 72.3 Å². The van der Waals surface area contributed by atoms with E-state index in [-0.39, 0.29) is 0 Å². The summed E-state index contributed by atoms with van der Waals surface area (Å²) in [6, 6.07) is 14.5. The summed E-state index contributed by atoms with van der Waals surface area (Å²) < 4.78 is 2.10. The second kappa shape index (κ2) is 3.81. The Labute approximate surface area is 94.2 Å². The summed E-state index contributed by atoms with van der Waals surface area (Å²) in [6.45, 7) is 0. The molecule has 0 spiro atoms. The van der Waals surface area contributed by atoms with E-state index in [1.807, 2.05) is 24.5 Å². The standard InChI is InChI=1S/C14H12N2/c1-2-5-12(6-3-1)9-13-11-16-8-4-7-14(16)10-15-13/h1-8,10-11H,9H2. The van der Waals surface area contributed by atoms with E-state index in [0.717, 1.165) is 17.6 Å². The first-order valence-electron chi connectivity index (χ1n) is 5.37. The minimum Gasteiger partial charge on any atom is -0.321 e. The average Bonchev–Trinajstić information content (AvgIpc) is 2.77. The van der Waals surface area contributed by atoms with Crippen LogP contribution in [0.5, 0.6) is 0 Å². The number of rotatable bonds is 2. The highest BCUT2D eigenvalue weighted by atomic mass is 14.9. The van der Waals surface area contributed by atoms with Crippen LogP contribution >= 0.6 is 0 Å². The third-order valence-corrected chi connectivity index (χ3v) is 2.69. The zero-order valence-electron chi connectivity index (χ0n) is 8.88. The van der Waals surface area contributed by atoms with Crippen molar-refractivity contribution in [2.75, 3.05) is 0 Å². The monoisotopic (exact) mass is 208 g/mol. The molecule has 0 amide bonds. The molecule has 78 valence electrons. The van der Waals surface area contributed by atoms with Crippen molar-refractivity contribution in [3.63, 3.8) is 0 Å². The first-order valence-corrected chi connectivity index (χ1v) is 5.37. The van der Waals surface area contributed by atoms with Crippen LogP contribution < -0.4 is 0 Å². The van der Waals surface area contributed by atoms with Crippen LogP contribution in [0.1, 0.15) is 11.3 Å².